The lowest BCUT2D eigenvalue weighted by Crippen LogP contribution is -2.51. The molecule has 0 aliphatic rings. The third kappa shape index (κ3) is 7.45. The third-order valence-corrected chi connectivity index (χ3v) is 4.57. The fourth-order valence-corrected chi connectivity index (χ4v) is 2.45. The van der Waals surface area contributed by atoms with E-state index in [1.165, 1.54) is 20.8 Å². The number of hydrogen-bond donors (Lipinski definition) is 1. The number of nitrogens with one attached hydrogen (secondary N) is 1. The molecular weight excluding hydrogens is 291 g/mol. The second kappa shape index (κ2) is 5.98. The molecule has 0 bridgehead atoms. The maximum atomic E-state index is 12.7. The predicted octanol–water partition coefficient (Wildman–Crippen LogP) is 1.40. The van der Waals surface area contributed by atoms with Crippen LogP contribution >= 0.6 is 0 Å². The highest BCUT2D eigenvalue weighted by Crippen LogP contribution is 2.25. The maximum Gasteiger partial charge on any atom is 0.408 e. The smallest absolute Gasteiger partial charge is 0.408 e. The van der Waals surface area contributed by atoms with E-state index in [2.05, 4.69) is 0 Å². The van der Waals surface area contributed by atoms with Crippen LogP contribution in [-0.4, -0.2) is 41.9 Å². The van der Waals surface area contributed by atoms with Crippen molar-refractivity contribution >= 4 is 21.2 Å². The lowest BCUT2D eigenvalue weighted by molar-refractivity contribution is -0.151. The molecule has 0 spiro atoms. The number of rotatable bonds is 5. The fourth-order valence-electron chi connectivity index (χ4n) is 0.927. The Hall–Kier alpha value is 0.01000. The SMILES string of the molecule is CC(C)(C)[S@@+]([O-])NC(CCS(C)(=O)=O)C(F)(F)F. The monoisotopic (exact) mass is 309 g/mol. The Balaban J connectivity index is 4.73. The minimum absolute atomic E-state index is 0.606. The molecule has 18 heavy (non-hydrogen) atoms. The Kier molecular flexibility index (Phi) is 5.98. The van der Waals surface area contributed by atoms with Gasteiger partial charge in [0.1, 0.15) is 20.6 Å². The van der Waals surface area contributed by atoms with E-state index in [1.807, 2.05) is 4.72 Å². The summed E-state index contributed by atoms with van der Waals surface area (Å²) in [5.74, 6) is -0.606. The Morgan fingerprint density at radius 1 is 1.28 bits per heavy atom. The van der Waals surface area contributed by atoms with E-state index < -0.39 is 50.3 Å². The second-order valence-corrected chi connectivity index (χ2v) is 9.27. The van der Waals surface area contributed by atoms with Gasteiger partial charge >= 0.3 is 6.18 Å². The van der Waals surface area contributed by atoms with Crippen molar-refractivity contribution in [3.05, 3.63) is 0 Å². The summed E-state index contributed by atoms with van der Waals surface area (Å²) in [4.78, 5) is 0. The molecule has 0 aliphatic heterocycles. The van der Waals surface area contributed by atoms with Crippen molar-refractivity contribution in [2.24, 2.45) is 0 Å². The minimum atomic E-state index is -4.63. The average Bonchev–Trinajstić information content (AvgIpc) is 2.06. The normalized spacial score (nSPS) is 17.6. The summed E-state index contributed by atoms with van der Waals surface area (Å²) in [6.07, 6.45) is -4.42. The highest BCUT2D eigenvalue weighted by molar-refractivity contribution is 7.91. The van der Waals surface area contributed by atoms with Crippen molar-refractivity contribution in [2.45, 2.75) is 44.2 Å². The average molecular weight is 309 g/mol. The third-order valence-electron chi connectivity index (χ3n) is 1.98. The maximum absolute atomic E-state index is 12.7. The summed E-state index contributed by atoms with van der Waals surface area (Å²) in [6.45, 7) is 4.58. The fraction of sp³-hybridized carbons (Fsp3) is 1.00. The first kappa shape index (κ1) is 18.0. The Morgan fingerprint density at radius 2 is 1.72 bits per heavy atom. The molecule has 2 atom stereocenters. The molecule has 0 saturated carbocycles. The number of sulfone groups is 1. The van der Waals surface area contributed by atoms with E-state index in [9.17, 15) is 26.1 Å². The van der Waals surface area contributed by atoms with E-state index in [0.717, 1.165) is 6.26 Å². The molecule has 0 rings (SSSR count). The van der Waals surface area contributed by atoms with Crippen LogP contribution in [0.4, 0.5) is 13.2 Å². The first-order valence-corrected chi connectivity index (χ1v) is 8.37. The second-order valence-electron chi connectivity index (χ2n) is 5.01. The summed E-state index contributed by atoms with van der Waals surface area (Å²) in [6, 6.07) is -2.09. The van der Waals surface area contributed by atoms with Crippen LogP contribution in [0.15, 0.2) is 0 Å². The molecule has 0 aromatic heterocycles. The number of hydrogen-bond acceptors (Lipinski definition) is 4. The van der Waals surface area contributed by atoms with Crippen LogP contribution in [0.3, 0.4) is 0 Å². The molecule has 4 nitrogen and oxygen atoms in total. The van der Waals surface area contributed by atoms with Gasteiger partial charge in [-0.15, -0.1) is 4.72 Å². The molecule has 0 amide bonds. The van der Waals surface area contributed by atoms with Crippen molar-refractivity contribution in [1.29, 1.82) is 0 Å². The van der Waals surface area contributed by atoms with Gasteiger partial charge in [0.15, 0.2) is 0 Å². The minimum Gasteiger partial charge on any atom is -0.598 e. The molecule has 0 saturated heterocycles. The predicted molar refractivity (Wildman–Crippen MR) is 65.2 cm³/mol. The zero-order valence-corrected chi connectivity index (χ0v) is 12.3. The summed E-state index contributed by atoms with van der Waals surface area (Å²) in [5, 5.41) is 0. The van der Waals surface area contributed by atoms with E-state index in [0.29, 0.717) is 0 Å². The van der Waals surface area contributed by atoms with Crippen LogP contribution < -0.4 is 4.72 Å². The van der Waals surface area contributed by atoms with Gasteiger partial charge in [0.2, 0.25) is 0 Å². The van der Waals surface area contributed by atoms with Gasteiger partial charge in [-0.1, -0.05) is 0 Å². The van der Waals surface area contributed by atoms with Gasteiger partial charge in [-0.2, -0.15) is 13.2 Å². The molecule has 0 aromatic carbocycles. The zero-order chi connectivity index (χ0) is 14.8. The van der Waals surface area contributed by atoms with Gasteiger partial charge < -0.3 is 4.55 Å². The molecule has 0 fully saturated rings. The molecule has 0 heterocycles. The standard InChI is InChI=1S/C9H18F3NO3S2/c1-8(2,3)17(14)13-7(9(10,11)12)5-6-18(4,15)16/h7,13H,5-6H2,1-4H3/t7?,17-/m1/s1. The van der Waals surface area contributed by atoms with E-state index in [-0.39, 0.29) is 0 Å². The molecule has 0 radical (unpaired) electrons. The van der Waals surface area contributed by atoms with Crippen LogP contribution in [0.5, 0.6) is 0 Å². The number of alkyl halides is 3. The molecule has 110 valence electrons. The molecule has 9 heteroatoms. The van der Waals surface area contributed by atoms with Crippen molar-refractivity contribution < 1.29 is 26.1 Å². The van der Waals surface area contributed by atoms with Crippen molar-refractivity contribution in [2.75, 3.05) is 12.0 Å². The summed E-state index contributed by atoms with van der Waals surface area (Å²) in [5.41, 5.74) is 0. The first-order valence-electron chi connectivity index (χ1n) is 5.16. The van der Waals surface area contributed by atoms with E-state index in [1.54, 1.807) is 0 Å². The molecular formula is C9H18F3NO3S2. The summed E-state index contributed by atoms with van der Waals surface area (Å²) in [7, 11) is -3.49. The zero-order valence-electron chi connectivity index (χ0n) is 10.7. The quantitative estimate of drug-likeness (QED) is 0.780. The summed E-state index contributed by atoms with van der Waals surface area (Å²) >= 11 is -1.91. The highest BCUT2D eigenvalue weighted by atomic mass is 32.2. The van der Waals surface area contributed by atoms with Gasteiger partial charge in [-0.3, -0.25) is 0 Å². The Bertz CT molecular complexity index is 362. The topological polar surface area (TPSA) is 69.2 Å². The van der Waals surface area contributed by atoms with Crippen LogP contribution in [-0.2, 0) is 21.2 Å². The molecule has 1 unspecified atom stereocenters. The highest BCUT2D eigenvalue weighted by Gasteiger charge is 2.44. The van der Waals surface area contributed by atoms with Crippen LogP contribution in [0.25, 0.3) is 0 Å². The first-order chi connectivity index (χ1) is 7.73. The van der Waals surface area contributed by atoms with Gasteiger partial charge in [0.25, 0.3) is 0 Å². The van der Waals surface area contributed by atoms with Crippen molar-refractivity contribution in [3.63, 3.8) is 0 Å². The van der Waals surface area contributed by atoms with Gasteiger partial charge in [0, 0.05) is 17.6 Å². The summed E-state index contributed by atoms with van der Waals surface area (Å²) < 4.78 is 72.4. The Labute approximate surface area is 109 Å². The number of halogens is 3. The lowest BCUT2D eigenvalue weighted by atomic mass is 10.2. The Morgan fingerprint density at radius 3 is 2.00 bits per heavy atom. The van der Waals surface area contributed by atoms with Gasteiger partial charge in [-0.25, -0.2) is 8.42 Å². The van der Waals surface area contributed by atoms with Crippen molar-refractivity contribution in [3.8, 4) is 0 Å². The molecule has 0 aliphatic carbocycles. The van der Waals surface area contributed by atoms with E-state index in [4.69, 9.17) is 0 Å². The van der Waals surface area contributed by atoms with Gasteiger partial charge in [0.05, 0.1) is 5.75 Å². The van der Waals surface area contributed by atoms with Crippen molar-refractivity contribution in [1.82, 2.24) is 4.72 Å². The van der Waals surface area contributed by atoms with Gasteiger partial charge in [-0.05, 0) is 27.2 Å². The largest absolute Gasteiger partial charge is 0.598 e. The van der Waals surface area contributed by atoms with Crippen LogP contribution in [0.1, 0.15) is 27.2 Å². The molecule has 0 aromatic rings. The van der Waals surface area contributed by atoms with Crippen LogP contribution in [0.2, 0.25) is 0 Å². The van der Waals surface area contributed by atoms with E-state index >= 15 is 0 Å². The lowest BCUT2D eigenvalue weighted by Gasteiger charge is -2.28. The molecule has 1 N–H and O–H groups in total. The van der Waals surface area contributed by atoms with Crippen LogP contribution in [0, 0.1) is 0 Å².